The van der Waals surface area contributed by atoms with E-state index < -0.39 is 49.2 Å². The number of halogens is 8. The fourth-order valence-corrected chi connectivity index (χ4v) is 2.00. The second-order valence-electron chi connectivity index (χ2n) is 6.31. The predicted octanol–water partition coefficient (Wildman–Crippen LogP) is 5.22. The minimum Gasteiger partial charge on any atom is -0.542 e. The molecule has 11 heteroatoms. The van der Waals surface area contributed by atoms with E-state index in [2.05, 4.69) is 4.43 Å². The first-order valence-electron chi connectivity index (χ1n) is 6.20. The molecule has 0 aromatic rings. The summed E-state index contributed by atoms with van der Waals surface area (Å²) in [6, 6.07) is 0. The maximum atomic E-state index is 13.4. The van der Waals surface area contributed by atoms with Crippen LogP contribution in [-0.4, -0.2) is 32.4 Å². The molecule has 0 bridgehead atoms. The Morgan fingerprint density at radius 1 is 0.913 bits per heavy atom. The third-order valence-corrected chi connectivity index (χ3v) is 7.72. The fraction of sp³-hybridized carbons (Fsp3) is 0.750. The van der Waals surface area contributed by atoms with E-state index in [1.165, 1.54) is 33.9 Å². The number of allylic oxidation sites excluding steroid dienone is 2. The second kappa shape index (κ2) is 6.06. The molecule has 0 aliphatic carbocycles. The van der Waals surface area contributed by atoms with E-state index in [0.717, 1.165) is 0 Å². The fourth-order valence-electron chi connectivity index (χ4n) is 0.953. The van der Waals surface area contributed by atoms with E-state index in [1.807, 2.05) is 0 Å². The lowest BCUT2D eigenvalue weighted by atomic mass is 10.2. The molecular weight excluding hydrogens is 356 g/mol. The van der Waals surface area contributed by atoms with Crippen LogP contribution in [0.1, 0.15) is 20.8 Å². The zero-order valence-corrected chi connectivity index (χ0v) is 13.9. The van der Waals surface area contributed by atoms with Crippen LogP contribution in [0.5, 0.6) is 0 Å². The summed E-state index contributed by atoms with van der Waals surface area (Å²) < 4.78 is 106. The van der Waals surface area contributed by atoms with Crippen LogP contribution in [0.25, 0.3) is 0 Å². The van der Waals surface area contributed by atoms with Gasteiger partial charge in [-0.25, -0.2) is 0 Å². The number of rotatable bonds is 4. The maximum Gasteiger partial charge on any atom is 0.461 e. The van der Waals surface area contributed by atoms with E-state index >= 15 is 0 Å². The first-order valence-corrected chi connectivity index (χ1v) is 9.11. The van der Waals surface area contributed by atoms with Gasteiger partial charge in [-0.1, -0.05) is 20.8 Å². The summed E-state index contributed by atoms with van der Waals surface area (Å²) >= 11 is 0. The number of alkyl halides is 8. The highest BCUT2D eigenvalue weighted by Gasteiger charge is 2.63. The minimum absolute atomic E-state index is 0.825. The number of hydrogen-bond acceptors (Lipinski definition) is 2. The summed E-state index contributed by atoms with van der Waals surface area (Å²) in [6.07, 6.45) is -12.6. The molecular formula is C12H16F8O2Si. The molecule has 0 rings (SSSR count). The first-order chi connectivity index (χ1) is 9.73. The summed E-state index contributed by atoms with van der Waals surface area (Å²) in [7, 11) is -3.35. The van der Waals surface area contributed by atoms with E-state index in [4.69, 9.17) is 0 Å². The van der Waals surface area contributed by atoms with Crippen LogP contribution in [-0.2, 0) is 9.22 Å². The predicted molar refractivity (Wildman–Crippen MR) is 68.4 cm³/mol. The van der Waals surface area contributed by atoms with Crippen LogP contribution in [0.15, 0.2) is 11.8 Å². The SMILES string of the molecule is CC(C)(C)[Si](C)(C)OC(=CC(=O)C(F)(F)F)C(F)(F)C(F)(F)F. The lowest BCUT2D eigenvalue weighted by Crippen LogP contribution is -2.47. The van der Waals surface area contributed by atoms with Gasteiger partial charge in [-0.2, -0.15) is 35.1 Å². The minimum atomic E-state index is -6.20. The van der Waals surface area contributed by atoms with Gasteiger partial charge in [0.2, 0.25) is 8.32 Å². The topological polar surface area (TPSA) is 26.3 Å². The summed E-state index contributed by atoms with van der Waals surface area (Å²) in [5, 5.41) is -0.880. The standard InChI is InChI=1S/C12H16F8O2Si/c1-9(2,3)23(4,5)22-8(6-7(21)11(15,16)17)10(13,14)12(18,19)20/h6H,1-5H3. The monoisotopic (exact) mass is 372 g/mol. The molecule has 136 valence electrons. The van der Waals surface area contributed by atoms with Crippen LogP contribution in [0, 0.1) is 0 Å². The highest BCUT2D eigenvalue weighted by atomic mass is 28.4. The number of ketones is 1. The molecule has 0 spiro atoms. The molecule has 0 atom stereocenters. The van der Waals surface area contributed by atoms with Crippen molar-refractivity contribution in [3.8, 4) is 0 Å². The number of hydrogen-bond donors (Lipinski definition) is 0. The molecule has 2 nitrogen and oxygen atoms in total. The normalized spacial score (nSPS) is 15.6. The molecule has 0 fully saturated rings. The quantitative estimate of drug-likeness (QED) is 0.293. The van der Waals surface area contributed by atoms with Crippen molar-refractivity contribution >= 4 is 14.1 Å². The summed E-state index contributed by atoms with van der Waals surface area (Å²) in [5.74, 6) is -10.9. The molecule has 0 aromatic carbocycles. The molecule has 0 aliphatic heterocycles. The Kier molecular flexibility index (Phi) is 5.76. The van der Waals surface area contributed by atoms with Crippen LogP contribution in [0.2, 0.25) is 18.1 Å². The molecule has 0 saturated carbocycles. The van der Waals surface area contributed by atoms with Gasteiger partial charge >= 0.3 is 18.3 Å². The van der Waals surface area contributed by atoms with E-state index in [1.54, 1.807) is 0 Å². The Balaban J connectivity index is 6.07. The van der Waals surface area contributed by atoms with Crippen molar-refractivity contribution in [3.63, 3.8) is 0 Å². The van der Waals surface area contributed by atoms with E-state index in [9.17, 15) is 39.9 Å². The van der Waals surface area contributed by atoms with Crippen molar-refractivity contribution in [2.45, 2.75) is 57.2 Å². The molecule has 0 aliphatic rings. The molecule has 0 amide bonds. The Morgan fingerprint density at radius 3 is 1.57 bits per heavy atom. The van der Waals surface area contributed by atoms with Crippen LogP contribution in [0.4, 0.5) is 35.1 Å². The van der Waals surface area contributed by atoms with Crippen LogP contribution >= 0.6 is 0 Å². The Hall–Kier alpha value is -1.13. The Labute approximate surface area is 128 Å². The van der Waals surface area contributed by atoms with Crippen LogP contribution < -0.4 is 0 Å². The highest BCUT2D eigenvalue weighted by molar-refractivity contribution is 6.74. The van der Waals surface area contributed by atoms with Gasteiger partial charge in [0.05, 0.1) is 0 Å². The molecule has 0 heterocycles. The summed E-state index contributed by atoms with van der Waals surface area (Å²) in [4.78, 5) is 10.8. The van der Waals surface area contributed by atoms with Gasteiger partial charge in [-0.3, -0.25) is 4.79 Å². The molecule has 0 unspecified atom stereocenters. The third kappa shape index (κ3) is 5.18. The zero-order valence-electron chi connectivity index (χ0n) is 12.9. The summed E-state index contributed by atoms with van der Waals surface area (Å²) in [6.45, 7) is 6.95. The first kappa shape index (κ1) is 21.9. The highest BCUT2D eigenvalue weighted by Crippen LogP contribution is 2.46. The van der Waals surface area contributed by atoms with Gasteiger partial charge in [0.25, 0.3) is 5.78 Å². The van der Waals surface area contributed by atoms with Crippen molar-refractivity contribution in [1.29, 1.82) is 0 Å². The van der Waals surface area contributed by atoms with Crippen molar-refractivity contribution in [2.24, 2.45) is 0 Å². The third-order valence-electron chi connectivity index (χ3n) is 3.38. The van der Waals surface area contributed by atoms with Gasteiger partial charge in [-0.05, 0) is 18.1 Å². The number of carbonyl (C=O) groups is 1. The molecule has 23 heavy (non-hydrogen) atoms. The smallest absolute Gasteiger partial charge is 0.461 e. The van der Waals surface area contributed by atoms with Gasteiger partial charge in [-0.15, -0.1) is 0 Å². The number of carbonyl (C=O) groups excluding carboxylic acids is 1. The van der Waals surface area contributed by atoms with E-state index in [-0.39, 0.29) is 0 Å². The zero-order chi connectivity index (χ0) is 19.1. The average Bonchev–Trinajstić information content (AvgIpc) is 2.22. The van der Waals surface area contributed by atoms with Crippen molar-refractivity contribution in [1.82, 2.24) is 0 Å². The molecule has 0 aromatic heterocycles. The van der Waals surface area contributed by atoms with Crippen molar-refractivity contribution in [3.05, 3.63) is 11.8 Å². The second-order valence-corrected chi connectivity index (χ2v) is 11.0. The van der Waals surface area contributed by atoms with E-state index in [0.29, 0.717) is 0 Å². The Morgan fingerprint density at radius 2 is 1.30 bits per heavy atom. The maximum absolute atomic E-state index is 13.4. The van der Waals surface area contributed by atoms with Gasteiger partial charge < -0.3 is 4.43 Å². The van der Waals surface area contributed by atoms with Gasteiger partial charge in [0, 0.05) is 6.08 Å². The van der Waals surface area contributed by atoms with Gasteiger partial charge in [0.1, 0.15) is 0 Å². The largest absolute Gasteiger partial charge is 0.542 e. The van der Waals surface area contributed by atoms with Crippen molar-refractivity contribution in [2.75, 3.05) is 0 Å². The van der Waals surface area contributed by atoms with Crippen LogP contribution in [0.3, 0.4) is 0 Å². The molecule has 0 radical (unpaired) electrons. The lowest BCUT2D eigenvalue weighted by Gasteiger charge is -2.38. The van der Waals surface area contributed by atoms with Gasteiger partial charge in [0.15, 0.2) is 5.76 Å². The Bertz CT molecular complexity index is 483. The molecule has 0 saturated heterocycles. The van der Waals surface area contributed by atoms with Crippen molar-refractivity contribution < 1.29 is 44.3 Å². The lowest BCUT2D eigenvalue weighted by molar-refractivity contribution is -0.273. The summed E-state index contributed by atoms with van der Waals surface area (Å²) in [5.41, 5.74) is 0. The molecule has 0 N–H and O–H groups in total. The average molecular weight is 372 g/mol.